The Balaban J connectivity index is 2.02. The van der Waals surface area contributed by atoms with E-state index in [0.717, 1.165) is 0 Å². The third-order valence-corrected chi connectivity index (χ3v) is 6.80. The topological polar surface area (TPSA) is 85.4 Å². The molecule has 2 aromatic carbocycles. The summed E-state index contributed by atoms with van der Waals surface area (Å²) in [6.07, 6.45) is 0.0757. The molecule has 0 N–H and O–H groups in total. The minimum absolute atomic E-state index is 0.0757. The highest BCUT2D eigenvalue weighted by molar-refractivity contribution is 5.82. The van der Waals surface area contributed by atoms with Crippen molar-refractivity contribution < 1.29 is 18.3 Å². The molecule has 2 aromatic heterocycles. The average molecular weight is 507 g/mol. The van der Waals surface area contributed by atoms with Crippen molar-refractivity contribution in [3.63, 3.8) is 0 Å². The van der Waals surface area contributed by atoms with E-state index in [4.69, 9.17) is 18.3 Å². The number of hydrogen-bond acceptors (Lipinski definition) is 8. The van der Waals surface area contributed by atoms with Crippen LogP contribution < -0.4 is 30.1 Å². The molecule has 0 bridgehead atoms. The Morgan fingerprint density at radius 2 is 1.03 bits per heavy atom. The van der Waals surface area contributed by atoms with Crippen LogP contribution in [0.25, 0.3) is 21.9 Å². The number of fused-ring (bicyclic) bond motifs is 2. The Morgan fingerprint density at radius 3 is 1.35 bits per heavy atom. The van der Waals surface area contributed by atoms with Gasteiger partial charge in [0.1, 0.15) is 22.7 Å². The number of rotatable bonds is 10. The summed E-state index contributed by atoms with van der Waals surface area (Å²) in [6.45, 7) is 10.6. The maximum Gasteiger partial charge on any atom is 0.203 e. The average Bonchev–Trinajstić information content (AvgIpc) is 2.92. The molecule has 0 atom stereocenters. The van der Waals surface area contributed by atoms with Crippen LogP contribution in [0.1, 0.15) is 38.8 Å². The molecular weight excluding hydrogens is 472 g/mol. The normalized spacial score (nSPS) is 11.2. The summed E-state index contributed by atoms with van der Waals surface area (Å²) in [5.41, 5.74) is 1.38. The number of anilines is 2. The zero-order valence-electron chi connectivity index (χ0n) is 22.3. The van der Waals surface area contributed by atoms with Gasteiger partial charge >= 0.3 is 0 Å². The highest BCUT2D eigenvalue weighted by atomic mass is 16.5. The van der Waals surface area contributed by atoms with Gasteiger partial charge in [0.05, 0.1) is 36.1 Å². The van der Waals surface area contributed by atoms with E-state index in [1.54, 1.807) is 50.6 Å². The third-order valence-electron chi connectivity index (χ3n) is 6.80. The molecule has 0 spiro atoms. The van der Waals surface area contributed by atoms with Gasteiger partial charge in [-0.25, -0.2) is 0 Å². The van der Waals surface area contributed by atoms with Gasteiger partial charge in [-0.15, -0.1) is 0 Å². The molecule has 37 heavy (non-hydrogen) atoms. The third kappa shape index (κ3) is 4.75. The number of ether oxygens (including phenoxy) is 2. The molecule has 8 nitrogen and oxygen atoms in total. The van der Waals surface area contributed by atoms with Crippen molar-refractivity contribution in [1.29, 1.82) is 0 Å². The van der Waals surface area contributed by atoms with Gasteiger partial charge in [-0.3, -0.25) is 9.59 Å². The largest absolute Gasteiger partial charge is 0.497 e. The van der Waals surface area contributed by atoms with E-state index in [0.29, 0.717) is 82.5 Å². The SMILES string of the molecule is CCN(CC)c1oc2cc(OC)ccc2c(=O)c1Cc1c(N(CC)CC)oc2cc(OC)ccc2c1=O. The van der Waals surface area contributed by atoms with Crippen molar-refractivity contribution in [2.24, 2.45) is 0 Å². The second-order valence-electron chi connectivity index (χ2n) is 8.68. The molecule has 0 fully saturated rings. The molecule has 4 rings (SSSR count). The van der Waals surface area contributed by atoms with Crippen LogP contribution in [0.5, 0.6) is 11.5 Å². The van der Waals surface area contributed by atoms with Gasteiger partial charge in [-0.1, -0.05) is 0 Å². The minimum Gasteiger partial charge on any atom is -0.497 e. The molecule has 0 aliphatic rings. The molecule has 0 radical (unpaired) electrons. The Hall–Kier alpha value is -3.94. The Bertz CT molecular complexity index is 1410. The summed E-state index contributed by atoms with van der Waals surface area (Å²) in [4.78, 5) is 31.7. The van der Waals surface area contributed by atoms with Crippen LogP contribution in [0.4, 0.5) is 11.8 Å². The molecule has 0 unspecified atom stereocenters. The first kappa shape index (κ1) is 26.1. The smallest absolute Gasteiger partial charge is 0.203 e. The van der Waals surface area contributed by atoms with Crippen LogP contribution >= 0.6 is 0 Å². The molecule has 0 aliphatic carbocycles. The van der Waals surface area contributed by atoms with Crippen molar-refractivity contribution >= 4 is 33.7 Å². The van der Waals surface area contributed by atoms with Crippen molar-refractivity contribution in [2.45, 2.75) is 34.1 Å². The molecule has 8 heteroatoms. The van der Waals surface area contributed by atoms with E-state index in [2.05, 4.69) is 0 Å². The second kappa shape index (κ2) is 11.0. The fourth-order valence-corrected chi connectivity index (χ4v) is 4.68. The van der Waals surface area contributed by atoms with Gasteiger partial charge in [-0.2, -0.15) is 0 Å². The van der Waals surface area contributed by atoms with Crippen molar-refractivity contribution in [3.8, 4) is 11.5 Å². The summed E-state index contributed by atoms with van der Waals surface area (Å²) in [6, 6.07) is 10.3. The van der Waals surface area contributed by atoms with Gasteiger partial charge in [0, 0.05) is 44.7 Å². The molecule has 0 amide bonds. The summed E-state index contributed by atoms with van der Waals surface area (Å²) < 4.78 is 23.3. The van der Waals surface area contributed by atoms with Crippen molar-refractivity contribution in [1.82, 2.24) is 0 Å². The van der Waals surface area contributed by atoms with Crippen LogP contribution in [0.15, 0.2) is 54.8 Å². The summed E-state index contributed by atoms with van der Waals surface area (Å²) >= 11 is 0. The second-order valence-corrected chi connectivity index (χ2v) is 8.68. The van der Waals surface area contributed by atoms with Gasteiger partial charge in [0.2, 0.25) is 11.8 Å². The van der Waals surface area contributed by atoms with E-state index in [1.807, 2.05) is 37.5 Å². The number of benzene rings is 2. The molecule has 0 saturated carbocycles. The Kier molecular flexibility index (Phi) is 7.76. The molecule has 2 heterocycles. The van der Waals surface area contributed by atoms with Gasteiger partial charge in [0.25, 0.3) is 0 Å². The van der Waals surface area contributed by atoms with E-state index in [1.165, 1.54) is 0 Å². The van der Waals surface area contributed by atoms with Crippen LogP contribution in [0.3, 0.4) is 0 Å². The van der Waals surface area contributed by atoms with Gasteiger partial charge in [0.15, 0.2) is 10.9 Å². The monoisotopic (exact) mass is 506 g/mol. The molecule has 0 aliphatic heterocycles. The van der Waals surface area contributed by atoms with Crippen LogP contribution in [0, 0.1) is 0 Å². The number of nitrogens with zero attached hydrogens (tertiary/aromatic N) is 2. The first-order chi connectivity index (χ1) is 17.9. The summed E-state index contributed by atoms with van der Waals surface area (Å²) in [5.74, 6) is 2.11. The standard InChI is InChI=1S/C29H34N2O6/c1-7-30(8-2)28-22(26(32)20-13-11-18(34-5)15-24(20)36-28)17-23-27(33)21-14-12-19(35-6)16-25(21)37-29(23)31(9-3)10-4/h11-16H,7-10,17H2,1-6H3. The van der Waals surface area contributed by atoms with Crippen LogP contribution in [-0.4, -0.2) is 40.4 Å². The predicted octanol–water partition coefficient (Wildman–Crippen LogP) is 5.20. The van der Waals surface area contributed by atoms with E-state index in [-0.39, 0.29) is 17.3 Å². The highest BCUT2D eigenvalue weighted by Gasteiger charge is 2.25. The van der Waals surface area contributed by atoms with E-state index < -0.39 is 0 Å². The number of hydrogen-bond donors (Lipinski definition) is 0. The summed E-state index contributed by atoms with van der Waals surface area (Å²) in [5, 5.41) is 0.872. The van der Waals surface area contributed by atoms with E-state index in [9.17, 15) is 9.59 Å². The van der Waals surface area contributed by atoms with Gasteiger partial charge < -0.3 is 28.1 Å². The van der Waals surface area contributed by atoms with Crippen LogP contribution in [0.2, 0.25) is 0 Å². The predicted molar refractivity (Wildman–Crippen MR) is 148 cm³/mol. The highest BCUT2D eigenvalue weighted by Crippen LogP contribution is 2.32. The first-order valence-electron chi connectivity index (χ1n) is 12.7. The summed E-state index contributed by atoms with van der Waals surface area (Å²) in [7, 11) is 3.14. The Morgan fingerprint density at radius 1 is 0.649 bits per heavy atom. The zero-order chi connectivity index (χ0) is 26.7. The molecule has 0 saturated heterocycles. The molecule has 196 valence electrons. The lowest BCUT2D eigenvalue weighted by molar-refractivity contribution is 0.414. The van der Waals surface area contributed by atoms with Crippen molar-refractivity contribution in [3.05, 3.63) is 68.0 Å². The minimum atomic E-state index is -0.175. The van der Waals surface area contributed by atoms with Crippen LogP contribution in [-0.2, 0) is 6.42 Å². The fraction of sp³-hybridized carbons (Fsp3) is 0.379. The number of methoxy groups -OCH3 is 2. The van der Waals surface area contributed by atoms with Crippen molar-refractivity contribution in [2.75, 3.05) is 50.2 Å². The quantitative estimate of drug-likeness (QED) is 0.290. The first-order valence-corrected chi connectivity index (χ1v) is 12.7. The lowest BCUT2D eigenvalue weighted by atomic mass is 10.0. The van der Waals surface area contributed by atoms with Gasteiger partial charge in [-0.05, 0) is 52.0 Å². The lowest BCUT2D eigenvalue weighted by Gasteiger charge is -2.25. The maximum absolute atomic E-state index is 13.9. The van der Waals surface area contributed by atoms with E-state index >= 15 is 0 Å². The maximum atomic E-state index is 13.9. The molecule has 4 aromatic rings. The zero-order valence-corrected chi connectivity index (χ0v) is 22.3. The fourth-order valence-electron chi connectivity index (χ4n) is 4.68. The Labute approximate surface area is 216 Å². The molecular formula is C29H34N2O6. The lowest BCUT2D eigenvalue weighted by Crippen LogP contribution is -2.29.